The van der Waals surface area contributed by atoms with E-state index in [0.717, 1.165) is 5.56 Å². The normalized spacial score (nSPS) is 13.2. The van der Waals surface area contributed by atoms with E-state index in [1.807, 2.05) is 25.1 Å². The maximum absolute atomic E-state index is 12.5. The molecule has 1 aromatic carbocycles. The fourth-order valence-electron chi connectivity index (χ4n) is 1.89. The lowest BCUT2D eigenvalue weighted by atomic mass is 10.0. The summed E-state index contributed by atoms with van der Waals surface area (Å²) >= 11 is 0. The largest absolute Gasteiger partial charge is 0.394 e. The second-order valence-electron chi connectivity index (χ2n) is 5.60. The van der Waals surface area contributed by atoms with E-state index in [4.69, 9.17) is 0 Å². The molecule has 1 atom stereocenters. The van der Waals surface area contributed by atoms with Crippen molar-refractivity contribution < 1.29 is 15.0 Å². The Balaban J connectivity index is 3.07. The molecule has 19 heavy (non-hydrogen) atoms. The molecule has 1 amide bonds. The second-order valence-corrected chi connectivity index (χ2v) is 5.60. The lowest BCUT2D eigenvalue weighted by Crippen LogP contribution is -2.52. The summed E-state index contributed by atoms with van der Waals surface area (Å²) in [5, 5.41) is 19.0. The maximum atomic E-state index is 12.5. The van der Waals surface area contributed by atoms with Gasteiger partial charge in [0.2, 0.25) is 0 Å². The van der Waals surface area contributed by atoms with Crippen LogP contribution in [0.5, 0.6) is 0 Å². The number of β-amino-alcohol motifs (C(OH)–C–C–N with tert-alkyl or cyclic N) is 1. The fourth-order valence-corrected chi connectivity index (χ4v) is 1.89. The molecule has 0 fully saturated rings. The van der Waals surface area contributed by atoms with Gasteiger partial charge in [-0.25, -0.2) is 0 Å². The van der Waals surface area contributed by atoms with Crippen LogP contribution in [-0.2, 0) is 0 Å². The highest BCUT2D eigenvalue weighted by molar-refractivity contribution is 5.94. The van der Waals surface area contributed by atoms with Crippen LogP contribution in [-0.4, -0.2) is 45.8 Å². The Bertz CT molecular complexity index is 441. The van der Waals surface area contributed by atoms with Gasteiger partial charge in [0.25, 0.3) is 5.91 Å². The summed E-state index contributed by atoms with van der Waals surface area (Å²) in [4.78, 5) is 14.1. The Morgan fingerprint density at radius 3 is 2.53 bits per heavy atom. The number of aliphatic hydroxyl groups is 2. The molecule has 1 aromatic rings. The first-order chi connectivity index (χ1) is 8.77. The molecule has 0 bridgehead atoms. The number of aryl methyl sites for hydroxylation is 1. The van der Waals surface area contributed by atoms with E-state index in [1.165, 1.54) is 4.90 Å². The molecule has 0 spiro atoms. The monoisotopic (exact) mass is 265 g/mol. The van der Waals surface area contributed by atoms with E-state index in [2.05, 4.69) is 0 Å². The van der Waals surface area contributed by atoms with Gasteiger partial charge in [-0.15, -0.1) is 0 Å². The summed E-state index contributed by atoms with van der Waals surface area (Å²) in [6, 6.07) is 7.31. The van der Waals surface area contributed by atoms with E-state index < -0.39 is 11.6 Å². The van der Waals surface area contributed by atoms with Crippen LogP contribution < -0.4 is 0 Å². The lowest BCUT2D eigenvalue weighted by molar-refractivity contribution is 0.0194. The van der Waals surface area contributed by atoms with Gasteiger partial charge in [-0.2, -0.15) is 0 Å². The fraction of sp³-hybridized carbons (Fsp3) is 0.533. The predicted octanol–water partition coefficient (Wildman–Crippen LogP) is 1.59. The Kier molecular flexibility index (Phi) is 5.09. The Hall–Kier alpha value is -1.39. The van der Waals surface area contributed by atoms with Crippen molar-refractivity contribution in [2.24, 2.45) is 0 Å². The molecular formula is C15H23NO3. The average molecular weight is 265 g/mol. The summed E-state index contributed by atoms with van der Waals surface area (Å²) in [5.74, 6) is -0.177. The van der Waals surface area contributed by atoms with Crippen molar-refractivity contribution in [3.8, 4) is 0 Å². The maximum Gasteiger partial charge on any atom is 0.254 e. The summed E-state index contributed by atoms with van der Waals surface area (Å²) in [5.41, 5.74) is 0.865. The summed E-state index contributed by atoms with van der Waals surface area (Å²) in [7, 11) is 0. The molecule has 0 aliphatic rings. The van der Waals surface area contributed by atoms with Gasteiger partial charge < -0.3 is 15.1 Å². The number of rotatable bonds is 5. The van der Waals surface area contributed by atoms with E-state index in [1.54, 1.807) is 26.8 Å². The lowest BCUT2D eigenvalue weighted by Gasteiger charge is -2.38. The molecule has 0 saturated carbocycles. The van der Waals surface area contributed by atoms with Gasteiger partial charge in [0.05, 0.1) is 18.2 Å². The molecule has 0 saturated heterocycles. The zero-order valence-electron chi connectivity index (χ0n) is 12.1. The van der Waals surface area contributed by atoms with Crippen LogP contribution in [0.1, 0.15) is 36.7 Å². The van der Waals surface area contributed by atoms with Crippen LogP contribution in [0.2, 0.25) is 0 Å². The molecule has 0 aromatic heterocycles. The smallest absolute Gasteiger partial charge is 0.254 e. The summed E-state index contributed by atoms with van der Waals surface area (Å²) < 4.78 is 0. The Labute approximate surface area is 114 Å². The number of nitrogens with zero attached hydrogens (tertiary/aromatic N) is 1. The predicted molar refractivity (Wildman–Crippen MR) is 75.1 cm³/mol. The van der Waals surface area contributed by atoms with Crippen LogP contribution in [0, 0.1) is 6.92 Å². The molecule has 2 N–H and O–H groups in total. The van der Waals surface area contributed by atoms with Crippen molar-refractivity contribution >= 4 is 5.91 Å². The molecule has 1 unspecified atom stereocenters. The number of hydrogen-bond donors (Lipinski definition) is 2. The highest BCUT2D eigenvalue weighted by Gasteiger charge is 2.31. The van der Waals surface area contributed by atoms with Crippen molar-refractivity contribution in [2.75, 3.05) is 13.2 Å². The molecule has 106 valence electrons. The first-order valence-electron chi connectivity index (χ1n) is 6.45. The van der Waals surface area contributed by atoms with Crippen LogP contribution in [0.4, 0.5) is 0 Å². The number of hydrogen-bond acceptors (Lipinski definition) is 3. The molecule has 0 aliphatic heterocycles. The molecule has 0 aliphatic carbocycles. The Morgan fingerprint density at radius 2 is 2.05 bits per heavy atom. The molecular weight excluding hydrogens is 242 g/mol. The SMILES string of the molecule is Cc1cccc(C(=O)N(CC(C)O)C(C)(C)CO)c1. The van der Waals surface area contributed by atoms with Crippen molar-refractivity contribution in [3.05, 3.63) is 35.4 Å². The number of amides is 1. The minimum atomic E-state index is -0.710. The van der Waals surface area contributed by atoms with Gasteiger partial charge in [-0.05, 0) is 39.8 Å². The van der Waals surface area contributed by atoms with Crippen molar-refractivity contribution in [3.63, 3.8) is 0 Å². The molecule has 0 radical (unpaired) electrons. The number of carbonyl (C=O) groups excluding carboxylic acids is 1. The molecule has 0 heterocycles. The second kappa shape index (κ2) is 6.17. The number of benzene rings is 1. The van der Waals surface area contributed by atoms with Crippen LogP contribution >= 0.6 is 0 Å². The molecule has 4 heteroatoms. The van der Waals surface area contributed by atoms with Gasteiger partial charge in [0, 0.05) is 12.1 Å². The zero-order valence-corrected chi connectivity index (χ0v) is 12.1. The minimum absolute atomic E-state index is 0.155. The quantitative estimate of drug-likeness (QED) is 0.850. The minimum Gasteiger partial charge on any atom is -0.394 e. The van der Waals surface area contributed by atoms with Crippen molar-refractivity contribution in [2.45, 2.75) is 39.3 Å². The van der Waals surface area contributed by atoms with E-state index in [9.17, 15) is 15.0 Å². The molecule has 4 nitrogen and oxygen atoms in total. The van der Waals surface area contributed by atoms with Gasteiger partial charge >= 0.3 is 0 Å². The average Bonchev–Trinajstić information content (AvgIpc) is 2.34. The zero-order chi connectivity index (χ0) is 14.6. The Morgan fingerprint density at radius 1 is 1.42 bits per heavy atom. The first-order valence-corrected chi connectivity index (χ1v) is 6.45. The third-order valence-corrected chi connectivity index (χ3v) is 3.07. The highest BCUT2D eigenvalue weighted by Crippen LogP contribution is 2.18. The highest BCUT2D eigenvalue weighted by atomic mass is 16.3. The van der Waals surface area contributed by atoms with Gasteiger partial charge in [-0.1, -0.05) is 17.7 Å². The topological polar surface area (TPSA) is 60.8 Å². The standard InChI is InChI=1S/C15H23NO3/c1-11-6-5-7-13(8-11)14(19)16(9-12(2)18)15(3,4)10-17/h5-8,12,17-18H,9-10H2,1-4H3. The van der Waals surface area contributed by atoms with Crippen LogP contribution in [0.3, 0.4) is 0 Å². The molecule has 1 rings (SSSR count). The number of aliphatic hydroxyl groups excluding tert-OH is 2. The van der Waals surface area contributed by atoms with E-state index in [0.29, 0.717) is 5.56 Å². The first kappa shape index (κ1) is 15.7. The van der Waals surface area contributed by atoms with E-state index in [-0.39, 0.29) is 19.1 Å². The van der Waals surface area contributed by atoms with Gasteiger partial charge in [-0.3, -0.25) is 4.79 Å². The van der Waals surface area contributed by atoms with Crippen LogP contribution in [0.25, 0.3) is 0 Å². The summed E-state index contributed by atoms with van der Waals surface area (Å²) in [6.45, 7) is 7.15. The third-order valence-electron chi connectivity index (χ3n) is 3.07. The van der Waals surface area contributed by atoms with Gasteiger partial charge in [0.15, 0.2) is 0 Å². The van der Waals surface area contributed by atoms with Crippen molar-refractivity contribution in [1.29, 1.82) is 0 Å². The van der Waals surface area contributed by atoms with Gasteiger partial charge in [0.1, 0.15) is 0 Å². The number of carbonyl (C=O) groups is 1. The third kappa shape index (κ3) is 4.04. The van der Waals surface area contributed by atoms with Crippen LogP contribution in [0.15, 0.2) is 24.3 Å². The van der Waals surface area contributed by atoms with Crippen molar-refractivity contribution in [1.82, 2.24) is 4.90 Å². The summed E-state index contributed by atoms with van der Waals surface area (Å²) in [6.07, 6.45) is -0.639. The van der Waals surface area contributed by atoms with E-state index >= 15 is 0 Å².